The minimum absolute atomic E-state index is 0.0513. The SMILES string of the molecule is Cc1ccc2c(c1)nc(C1COCC1N)n2C(C)C. The number of fused-ring (bicyclic) bond motifs is 1. The summed E-state index contributed by atoms with van der Waals surface area (Å²) in [6, 6.07) is 6.85. The van der Waals surface area contributed by atoms with Crippen LogP contribution in [0, 0.1) is 6.92 Å². The molecule has 1 saturated heterocycles. The Morgan fingerprint density at radius 2 is 2.16 bits per heavy atom. The van der Waals surface area contributed by atoms with E-state index in [1.807, 2.05) is 0 Å². The molecule has 2 N–H and O–H groups in total. The maximum absolute atomic E-state index is 6.15. The van der Waals surface area contributed by atoms with E-state index in [4.69, 9.17) is 15.5 Å². The van der Waals surface area contributed by atoms with E-state index in [0.717, 1.165) is 11.3 Å². The fraction of sp³-hybridized carbons (Fsp3) is 0.533. The second-order valence-electron chi connectivity index (χ2n) is 5.73. The fourth-order valence-electron chi connectivity index (χ4n) is 2.87. The molecule has 2 unspecified atom stereocenters. The summed E-state index contributed by atoms with van der Waals surface area (Å²) in [7, 11) is 0. The quantitative estimate of drug-likeness (QED) is 0.900. The van der Waals surface area contributed by atoms with Crippen LogP contribution in [0.3, 0.4) is 0 Å². The Hall–Kier alpha value is -1.39. The van der Waals surface area contributed by atoms with Crippen molar-refractivity contribution < 1.29 is 4.74 Å². The molecule has 1 aromatic heterocycles. The number of nitrogens with zero attached hydrogens (tertiary/aromatic N) is 2. The summed E-state index contributed by atoms with van der Waals surface area (Å²) >= 11 is 0. The highest BCUT2D eigenvalue weighted by Gasteiger charge is 2.31. The van der Waals surface area contributed by atoms with E-state index in [2.05, 4.69) is 43.5 Å². The summed E-state index contributed by atoms with van der Waals surface area (Å²) < 4.78 is 7.80. The van der Waals surface area contributed by atoms with E-state index in [-0.39, 0.29) is 12.0 Å². The van der Waals surface area contributed by atoms with Crippen LogP contribution in [-0.4, -0.2) is 28.8 Å². The van der Waals surface area contributed by atoms with E-state index in [9.17, 15) is 0 Å². The van der Waals surface area contributed by atoms with Crippen molar-refractivity contribution in [2.75, 3.05) is 13.2 Å². The van der Waals surface area contributed by atoms with Gasteiger partial charge in [0.25, 0.3) is 0 Å². The lowest BCUT2D eigenvalue weighted by atomic mass is 10.0. The molecule has 4 nitrogen and oxygen atoms in total. The highest BCUT2D eigenvalue weighted by atomic mass is 16.5. The Morgan fingerprint density at radius 3 is 2.79 bits per heavy atom. The van der Waals surface area contributed by atoms with E-state index in [1.165, 1.54) is 11.1 Å². The molecule has 0 spiro atoms. The number of ether oxygens (including phenoxy) is 1. The number of aryl methyl sites for hydroxylation is 1. The maximum atomic E-state index is 6.15. The van der Waals surface area contributed by atoms with E-state index in [0.29, 0.717) is 19.3 Å². The maximum Gasteiger partial charge on any atom is 0.117 e. The van der Waals surface area contributed by atoms with Gasteiger partial charge < -0.3 is 15.0 Å². The zero-order valence-corrected chi connectivity index (χ0v) is 11.8. The number of hydrogen-bond donors (Lipinski definition) is 1. The van der Waals surface area contributed by atoms with Gasteiger partial charge in [-0.3, -0.25) is 0 Å². The summed E-state index contributed by atoms with van der Waals surface area (Å²) in [5.41, 5.74) is 9.64. The first kappa shape index (κ1) is 12.6. The molecule has 0 bridgehead atoms. The average Bonchev–Trinajstić information content (AvgIpc) is 2.91. The first-order valence-electron chi connectivity index (χ1n) is 6.89. The summed E-state index contributed by atoms with van der Waals surface area (Å²) in [4.78, 5) is 4.83. The van der Waals surface area contributed by atoms with E-state index >= 15 is 0 Å². The monoisotopic (exact) mass is 259 g/mol. The first-order chi connectivity index (χ1) is 9.08. The van der Waals surface area contributed by atoms with Crippen LogP contribution in [0.4, 0.5) is 0 Å². The molecule has 3 rings (SSSR count). The van der Waals surface area contributed by atoms with Crippen molar-refractivity contribution in [1.82, 2.24) is 9.55 Å². The van der Waals surface area contributed by atoms with Crippen LogP contribution in [0.2, 0.25) is 0 Å². The average molecular weight is 259 g/mol. The molecule has 1 aromatic carbocycles. The van der Waals surface area contributed by atoms with Gasteiger partial charge in [-0.25, -0.2) is 4.98 Å². The molecule has 2 heterocycles. The largest absolute Gasteiger partial charge is 0.379 e. The highest BCUT2D eigenvalue weighted by molar-refractivity contribution is 5.77. The smallest absolute Gasteiger partial charge is 0.117 e. The lowest BCUT2D eigenvalue weighted by Crippen LogP contribution is -2.29. The molecule has 4 heteroatoms. The number of benzene rings is 1. The Balaban J connectivity index is 2.19. The van der Waals surface area contributed by atoms with Crippen LogP contribution in [0.15, 0.2) is 18.2 Å². The van der Waals surface area contributed by atoms with Gasteiger partial charge in [-0.1, -0.05) is 6.07 Å². The highest BCUT2D eigenvalue weighted by Crippen LogP contribution is 2.30. The second kappa shape index (κ2) is 4.62. The van der Waals surface area contributed by atoms with Crippen LogP contribution < -0.4 is 5.73 Å². The van der Waals surface area contributed by atoms with Crippen molar-refractivity contribution in [2.24, 2.45) is 5.73 Å². The standard InChI is InChI=1S/C15H21N3O/c1-9(2)18-14-5-4-10(3)6-13(14)17-15(18)11-7-19-8-12(11)16/h4-6,9,11-12H,7-8,16H2,1-3H3. The molecular formula is C15H21N3O. The van der Waals surface area contributed by atoms with Crippen molar-refractivity contribution in [3.8, 4) is 0 Å². The van der Waals surface area contributed by atoms with E-state index < -0.39 is 0 Å². The molecule has 2 atom stereocenters. The van der Waals surface area contributed by atoms with Gasteiger partial charge in [-0.05, 0) is 38.5 Å². The zero-order valence-electron chi connectivity index (χ0n) is 11.8. The van der Waals surface area contributed by atoms with Gasteiger partial charge in [-0.2, -0.15) is 0 Å². The Bertz CT molecular complexity index is 603. The Kier molecular flexibility index (Phi) is 3.07. The molecule has 0 amide bonds. The normalized spacial score (nSPS) is 23.6. The minimum Gasteiger partial charge on any atom is -0.379 e. The molecule has 0 radical (unpaired) electrons. The van der Waals surface area contributed by atoms with E-state index in [1.54, 1.807) is 0 Å². The molecule has 1 aliphatic heterocycles. The first-order valence-corrected chi connectivity index (χ1v) is 6.89. The molecule has 102 valence electrons. The van der Waals surface area contributed by atoms with Gasteiger partial charge in [0.05, 0.1) is 30.2 Å². The van der Waals surface area contributed by atoms with Crippen molar-refractivity contribution in [2.45, 2.75) is 38.8 Å². The molecule has 0 saturated carbocycles. The molecule has 19 heavy (non-hydrogen) atoms. The molecule has 1 fully saturated rings. The third-order valence-electron chi connectivity index (χ3n) is 3.84. The Labute approximate surface area is 113 Å². The van der Waals surface area contributed by atoms with Gasteiger partial charge in [0.15, 0.2) is 0 Å². The topological polar surface area (TPSA) is 53.1 Å². The Morgan fingerprint density at radius 1 is 1.37 bits per heavy atom. The van der Waals surface area contributed by atoms with Gasteiger partial charge in [-0.15, -0.1) is 0 Å². The zero-order chi connectivity index (χ0) is 13.6. The van der Waals surface area contributed by atoms with Crippen LogP contribution in [0.25, 0.3) is 11.0 Å². The van der Waals surface area contributed by atoms with Gasteiger partial charge in [0.2, 0.25) is 0 Å². The van der Waals surface area contributed by atoms with Crippen molar-refractivity contribution in [3.05, 3.63) is 29.6 Å². The van der Waals surface area contributed by atoms with Crippen molar-refractivity contribution >= 4 is 11.0 Å². The van der Waals surface area contributed by atoms with Crippen molar-refractivity contribution in [1.29, 1.82) is 0 Å². The fourth-order valence-corrected chi connectivity index (χ4v) is 2.87. The second-order valence-corrected chi connectivity index (χ2v) is 5.73. The summed E-state index contributed by atoms with van der Waals surface area (Å²) in [5.74, 6) is 1.27. The lowest BCUT2D eigenvalue weighted by molar-refractivity contribution is 0.190. The molecular weight excluding hydrogens is 238 g/mol. The predicted molar refractivity (Wildman–Crippen MR) is 76.4 cm³/mol. The van der Waals surface area contributed by atoms with Gasteiger partial charge in [0.1, 0.15) is 5.82 Å². The molecule has 1 aliphatic rings. The number of nitrogens with two attached hydrogens (primary N) is 1. The summed E-state index contributed by atoms with van der Waals surface area (Å²) in [5, 5.41) is 0. The minimum atomic E-state index is 0.0513. The predicted octanol–water partition coefficient (Wildman–Crippen LogP) is 2.37. The van der Waals surface area contributed by atoms with Crippen molar-refractivity contribution in [3.63, 3.8) is 0 Å². The number of aromatic nitrogens is 2. The van der Waals surface area contributed by atoms with Crippen LogP contribution in [0.5, 0.6) is 0 Å². The number of imidazole rings is 1. The van der Waals surface area contributed by atoms with Crippen LogP contribution >= 0.6 is 0 Å². The number of hydrogen-bond acceptors (Lipinski definition) is 3. The summed E-state index contributed by atoms with van der Waals surface area (Å²) in [6.45, 7) is 7.77. The third kappa shape index (κ3) is 2.05. The third-order valence-corrected chi connectivity index (χ3v) is 3.84. The van der Waals surface area contributed by atoms with Crippen LogP contribution in [-0.2, 0) is 4.74 Å². The van der Waals surface area contributed by atoms with Crippen LogP contribution in [0.1, 0.15) is 37.2 Å². The molecule has 0 aliphatic carbocycles. The van der Waals surface area contributed by atoms with Gasteiger partial charge in [0, 0.05) is 12.1 Å². The van der Waals surface area contributed by atoms with Gasteiger partial charge >= 0.3 is 0 Å². The molecule has 2 aromatic rings. The number of rotatable bonds is 2. The summed E-state index contributed by atoms with van der Waals surface area (Å²) in [6.07, 6.45) is 0. The lowest BCUT2D eigenvalue weighted by Gasteiger charge is -2.18.